The Bertz CT molecular complexity index is 489. The number of aryl methyl sites for hydroxylation is 1. The molecule has 0 saturated heterocycles. The Labute approximate surface area is 134 Å². The van der Waals surface area contributed by atoms with Crippen LogP contribution >= 0.6 is 0 Å². The van der Waals surface area contributed by atoms with E-state index in [4.69, 9.17) is 5.73 Å². The lowest BCUT2D eigenvalue weighted by Crippen LogP contribution is -2.39. The van der Waals surface area contributed by atoms with E-state index in [2.05, 4.69) is 48.3 Å². The number of rotatable bonds is 7. The maximum Gasteiger partial charge on any atom is 0.223 e. The Morgan fingerprint density at radius 3 is 2.82 bits per heavy atom. The molecule has 0 radical (unpaired) electrons. The van der Waals surface area contributed by atoms with Crippen molar-refractivity contribution in [2.24, 2.45) is 17.6 Å². The minimum absolute atomic E-state index is 0.124. The normalized spacial score (nSPS) is 20.9. The first-order chi connectivity index (χ1) is 10.7. The van der Waals surface area contributed by atoms with Gasteiger partial charge in [0.25, 0.3) is 0 Å². The zero-order valence-corrected chi connectivity index (χ0v) is 13.8. The number of carbonyl (C=O) groups excluding carboxylic acids is 1. The van der Waals surface area contributed by atoms with Gasteiger partial charge in [-0.1, -0.05) is 24.6 Å². The largest absolute Gasteiger partial charge is 0.370 e. The van der Waals surface area contributed by atoms with Crippen LogP contribution in [-0.2, 0) is 4.79 Å². The molecule has 3 N–H and O–H groups in total. The number of nitrogens with zero attached hydrogens (tertiary/aromatic N) is 1. The Morgan fingerprint density at radius 2 is 2.14 bits per heavy atom. The van der Waals surface area contributed by atoms with E-state index in [9.17, 15) is 4.79 Å². The Morgan fingerprint density at radius 1 is 1.36 bits per heavy atom. The highest BCUT2D eigenvalue weighted by molar-refractivity contribution is 5.79. The van der Waals surface area contributed by atoms with E-state index in [0.717, 1.165) is 32.4 Å². The lowest BCUT2D eigenvalue weighted by Gasteiger charge is -2.25. The SMILES string of the molecule is CCN(CCNC(=O)[C@@H]1CCC[C@@H]1CN)c1ccccc1C. The number of para-hydroxylation sites is 1. The predicted octanol–water partition coefficient (Wildman–Crippen LogP) is 2.31. The molecule has 0 bridgehead atoms. The fraction of sp³-hybridized carbons (Fsp3) is 0.611. The molecule has 4 nitrogen and oxygen atoms in total. The molecule has 0 heterocycles. The molecule has 1 fully saturated rings. The zero-order valence-electron chi connectivity index (χ0n) is 13.8. The molecule has 0 aliphatic heterocycles. The van der Waals surface area contributed by atoms with Crippen LogP contribution < -0.4 is 16.0 Å². The number of nitrogens with one attached hydrogen (secondary N) is 1. The first-order valence-corrected chi connectivity index (χ1v) is 8.45. The van der Waals surface area contributed by atoms with Crippen LogP contribution in [0.4, 0.5) is 5.69 Å². The van der Waals surface area contributed by atoms with Gasteiger partial charge < -0.3 is 16.0 Å². The molecule has 122 valence electrons. The third-order valence-corrected chi connectivity index (χ3v) is 4.82. The van der Waals surface area contributed by atoms with Crippen molar-refractivity contribution in [1.82, 2.24) is 5.32 Å². The van der Waals surface area contributed by atoms with Crippen molar-refractivity contribution in [2.45, 2.75) is 33.1 Å². The zero-order chi connectivity index (χ0) is 15.9. The van der Waals surface area contributed by atoms with Crippen LogP contribution in [0, 0.1) is 18.8 Å². The molecule has 0 unspecified atom stereocenters. The summed E-state index contributed by atoms with van der Waals surface area (Å²) in [7, 11) is 0. The fourth-order valence-corrected chi connectivity index (χ4v) is 3.48. The number of likely N-dealkylation sites (N-methyl/N-ethyl adjacent to an activating group) is 1. The van der Waals surface area contributed by atoms with Crippen LogP contribution in [-0.4, -0.2) is 32.1 Å². The van der Waals surface area contributed by atoms with Crippen LogP contribution in [0.15, 0.2) is 24.3 Å². The van der Waals surface area contributed by atoms with E-state index in [-0.39, 0.29) is 11.8 Å². The average Bonchev–Trinajstić information content (AvgIpc) is 3.01. The highest BCUT2D eigenvalue weighted by Gasteiger charge is 2.31. The summed E-state index contributed by atoms with van der Waals surface area (Å²) in [4.78, 5) is 14.6. The van der Waals surface area contributed by atoms with Gasteiger partial charge in [-0.15, -0.1) is 0 Å². The summed E-state index contributed by atoms with van der Waals surface area (Å²) in [5.41, 5.74) is 8.29. The van der Waals surface area contributed by atoms with E-state index >= 15 is 0 Å². The van der Waals surface area contributed by atoms with Crippen LogP contribution in [0.1, 0.15) is 31.7 Å². The number of nitrogens with two attached hydrogens (primary N) is 1. The van der Waals surface area contributed by atoms with Gasteiger partial charge in [0.1, 0.15) is 0 Å². The molecule has 2 rings (SSSR count). The minimum Gasteiger partial charge on any atom is -0.370 e. The first-order valence-electron chi connectivity index (χ1n) is 8.45. The second-order valence-electron chi connectivity index (χ2n) is 6.19. The summed E-state index contributed by atoms with van der Waals surface area (Å²) in [5.74, 6) is 0.686. The summed E-state index contributed by atoms with van der Waals surface area (Å²) in [6.07, 6.45) is 3.21. The number of anilines is 1. The van der Waals surface area contributed by atoms with Crippen molar-refractivity contribution in [3.05, 3.63) is 29.8 Å². The van der Waals surface area contributed by atoms with Crippen LogP contribution in [0.5, 0.6) is 0 Å². The molecule has 0 aromatic heterocycles. The Kier molecular flexibility index (Phi) is 6.25. The van der Waals surface area contributed by atoms with Gasteiger partial charge in [-0.3, -0.25) is 4.79 Å². The summed E-state index contributed by atoms with van der Waals surface area (Å²) < 4.78 is 0. The van der Waals surface area contributed by atoms with Gasteiger partial charge in [0.15, 0.2) is 0 Å². The third kappa shape index (κ3) is 4.01. The van der Waals surface area contributed by atoms with E-state index in [1.807, 2.05) is 0 Å². The third-order valence-electron chi connectivity index (χ3n) is 4.82. The maximum absolute atomic E-state index is 12.3. The molecule has 2 atom stereocenters. The first kappa shape index (κ1) is 16.8. The smallest absolute Gasteiger partial charge is 0.223 e. The van der Waals surface area contributed by atoms with Gasteiger partial charge in [-0.05, 0) is 50.8 Å². The van der Waals surface area contributed by atoms with Gasteiger partial charge in [0.2, 0.25) is 5.91 Å². The molecule has 0 spiro atoms. The summed E-state index contributed by atoms with van der Waals surface area (Å²) in [5, 5.41) is 3.11. The lowest BCUT2D eigenvalue weighted by molar-refractivity contribution is -0.125. The van der Waals surface area contributed by atoms with Gasteiger partial charge in [0.05, 0.1) is 0 Å². The van der Waals surface area contributed by atoms with Crippen molar-refractivity contribution < 1.29 is 4.79 Å². The van der Waals surface area contributed by atoms with Crippen molar-refractivity contribution in [1.29, 1.82) is 0 Å². The van der Waals surface area contributed by atoms with Gasteiger partial charge >= 0.3 is 0 Å². The van der Waals surface area contributed by atoms with Crippen molar-refractivity contribution in [2.75, 3.05) is 31.1 Å². The topological polar surface area (TPSA) is 58.4 Å². The minimum atomic E-state index is 0.124. The van der Waals surface area contributed by atoms with E-state index in [1.165, 1.54) is 11.3 Å². The lowest BCUT2D eigenvalue weighted by atomic mass is 9.95. The van der Waals surface area contributed by atoms with E-state index < -0.39 is 0 Å². The molecular formula is C18H29N3O. The molecular weight excluding hydrogens is 274 g/mol. The van der Waals surface area contributed by atoms with Crippen molar-refractivity contribution in [3.8, 4) is 0 Å². The molecule has 1 amide bonds. The standard InChI is InChI=1S/C18H29N3O/c1-3-21(17-10-5-4-7-14(17)2)12-11-20-18(22)16-9-6-8-15(16)13-19/h4-5,7,10,15-16H,3,6,8-9,11-13,19H2,1-2H3,(H,20,22)/t15-,16-/m1/s1. The molecule has 1 aliphatic carbocycles. The summed E-state index contributed by atoms with van der Waals surface area (Å²) in [6.45, 7) is 7.37. The molecule has 4 heteroatoms. The average molecular weight is 303 g/mol. The van der Waals surface area contributed by atoms with Crippen LogP contribution in [0.3, 0.4) is 0 Å². The van der Waals surface area contributed by atoms with E-state index in [0.29, 0.717) is 19.0 Å². The molecule has 1 saturated carbocycles. The number of hydrogen-bond donors (Lipinski definition) is 2. The molecule has 1 aromatic carbocycles. The highest BCUT2D eigenvalue weighted by Crippen LogP contribution is 2.30. The Hall–Kier alpha value is -1.55. The van der Waals surface area contributed by atoms with Crippen molar-refractivity contribution >= 4 is 11.6 Å². The van der Waals surface area contributed by atoms with E-state index in [1.54, 1.807) is 0 Å². The number of amides is 1. The Balaban J connectivity index is 1.84. The highest BCUT2D eigenvalue weighted by atomic mass is 16.1. The van der Waals surface area contributed by atoms with Gasteiger partial charge in [0, 0.05) is 31.2 Å². The van der Waals surface area contributed by atoms with Gasteiger partial charge in [-0.25, -0.2) is 0 Å². The van der Waals surface area contributed by atoms with Gasteiger partial charge in [-0.2, -0.15) is 0 Å². The molecule has 1 aromatic rings. The number of hydrogen-bond acceptors (Lipinski definition) is 3. The number of carbonyl (C=O) groups is 1. The fourth-order valence-electron chi connectivity index (χ4n) is 3.48. The van der Waals surface area contributed by atoms with Crippen LogP contribution in [0.2, 0.25) is 0 Å². The number of benzene rings is 1. The van der Waals surface area contributed by atoms with Crippen LogP contribution in [0.25, 0.3) is 0 Å². The molecule has 22 heavy (non-hydrogen) atoms. The monoisotopic (exact) mass is 303 g/mol. The quantitative estimate of drug-likeness (QED) is 0.812. The predicted molar refractivity (Wildman–Crippen MR) is 92.0 cm³/mol. The second kappa shape index (κ2) is 8.18. The second-order valence-corrected chi connectivity index (χ2v) is 6.19. The maximum atomic E-state index is 12.3. The molecule has 1 aliphatic rings. The summed E-state index contributed by atoms with van der Waals surface area (Å²) >= 11 is 0. The van der Waals surface area contributed by atoms with Crippen molar-refractivity contribution in [3.63, 3.8) is 0 Å². The summed E-state index contributed by atoms with van der Waals surface area (Å²) in [6, 6.07) is 8.39.